The molecule has 4 rings (SSSR count). The summed E-state index contributed by atoms with van der Waals surface area (Å²) < 4.78 is 103. The lowest BCUT2D eigenvalue weighted by atomic mass is 10.1. The van der Waals surface area contributed by atoms with Gasteiger partial charge in [0.2, 0.25) is 15.5 Å². The van der Waals surface area contributed by atoms with Crippen molar-refractivity contribution in [3.8, 4) is 0 Å². The van der Waals surface area contributed by atoms with Crippen LogP contribution in [0, 0.1) is 20.8 Å². The number of hydrogen-bond acceptors (Lipinski definition) is 11. The predicted molar refractivity (Wildman–Crippen MR) is 189 cm³/mol. The maximum absolute atomic E-state index is 13.5. The first-order valence-corrected chi connectivity index (χ1v) is 17.8. The van der Waals surface area contributed by atoms with E-state index in [1.165, 1.54) is 6.20 Å². The number of fused-ring (bicyclic) bond motifs is 1. The zero-order valence-electron chi connectivity index (χ0n) is 30.1. The van der Waals surface area contributed by atoms with Crippen molar-refractivity contribution in [3.63, 3.8) is 0 Å². The molecule has 6 N–H and O–H groups in total. The third-order valence-electron chi connectivity index (χ3n) is 7.80. The maximum Gasteiger partial charge on any atom is 0.458 e. The van der Waals surface area contributed by atoms with E-state index in [2.05, 4.69) is 25.3 Å². The molecule has 304 valence electrons. The van der Waals surface area contributed by atoms with Gasteiger partial charge in [-0.3, -0.25) is 24.0 Å². The lowest BCUT2D eigenvalue weighted by molar-refractivity contribution is -0.193. The van der Waals surface area contributed by atoms with Crippen LogP contribution < -0.4 is 26.5 Å². The number of sulfonamides is 1. The largest absolute Gasteiger partial charge is 0.468 e. The summed E-state index contributed by atoms with van der Waals surface area (Å²) in [5, 5.41) is 6.03. The van der Waals surface area contributed by atoms with Crippen LogP contribution in [-0.2, 0) is 42.2 Å². The van der Waals surface area contributed by atoms with Gasteiger partial charge in [0.25, 0.3) is 5.91 Å². The highest BCUT2D eigenvalue weighted by Gasteiger charge is 2.54. The number of alkyl halides is 6. The van der Waals surface area contributed by atoms with Gasteiger partial charge in [0.05, 0.1) is 17.5 Å². The summed E-state index contributed by atoms with van der Waals surface area (Å²) in [4.78, 5) is 65.8. The van der Waals surface area contributed by atoms with Gasteiger partial charge in [-0.25, -0.2) is 13.4 Å². The Morgan fingerprint density at radius 2 is 1.59 bits per heavy atom. The topological polar surface area (TPSA) is 224 Å². The van der Waals surface area contributed by atoms with Crippen LogP contribution in [-0.4, -0.2) is 85.0 Å². The van der Waals surface area contributed by atoms with Crippen LogP contribution in [0.25, 0.3) is 10.9 Å². The van der Waals surface area contributed by atoms with E-state index in [-0.39, 0.29) is 10.5 Å². The number of halogens is 6. The van der Waals surface area contributed by atoms with Gasteiger partial charge < -0.3 is 30.7 Å². The molecule has 1 amide bonds. The molecular formula is C34H37F6N7O8S. The first kappa shape index (κ1) is 44.8. The van der Waals surface area contributed by atoms with Gasteiger partial charge >= 0.3 is 29.9 Å². The predicted octanol–water partition coefficient (Wildman–Crippen LogP) is 3.11. The van der Waals surface area contributed by atoms with Crippen LogP contribution in [0.3, 0.4) is 0 Å². The summed E-state index contributed by atoms with van der Waals surface area (Å²) >= 11 is 0. The van der Waals surface area contributed by atoms with Gasteiger partial charge in [-0.15, -0.1) is 0 Å². The Labute approximate surface area is 315 Å². The van der Waals surface area contributed by atoms with Gasteiger partial charge in [-0.1, -0.05) is 23.8 Å². The molecule has 0 spiro atoms. The number of pyridine rings is 1. The summed E-state index contributed by atoms with van der Waals surface area (Å²) in [6.45, 7) is 6.02. The number of carbonyl (C=O) groups is 4. The number of esters is 1. The normalized spacial score (nSPS) is 12.3. The number of H-pyrrole nitrogens is 1. The number of imidazole rings is 1. The van der Waals surface area contributed by atoms with Crippen molar-refractivity contribution >= 4 is 50.3 Å². The van der Waals surface area contributed by atoms with Crippen LogP contribution in [0.4, 0.5) is 32.3 Å². The number of benzene rings is 2. The Bertz CT molecular complexity index is 2210. The van der Waals surface area contributed by atoms with E-state index in [0.29, 0.717) is 54.0 Å². The molecule has 0 radical (unpaired) electrons. The minimum atomic E-state index is -5.77. The van der Waals surface area contributed by atoms with Gasteiger partial charge in [0.1, 0.15) is 11.6 Å². The highest BCUT2D eigenvalue weighted by Crippen LogP contribution is 2.24. The van der Waals surface area contributed by atoms with Crippen molar-refractivity contribution in [3.05, 3.63) is 87.0 Å². The fourth-order valence-electron chi connectivity index (χ4n) is 5.40. The smallest absolute Gasteiger partial charge is 0.458 e. The average Bonchev–Trinajstić information content (AvgIpc) is 3.64. The summed E-state index contributed by atoms with van der Waals surface area (Å²) in [5.41, 5.74) is 8.51. The molecule has 0 aliphatic rings. The quantitative estimate of drug-likeness (QED) is 0.0707. The molecule has 0 fully saturated rings. The summed E-state index contributed by atoms with van der Waals surface area (Å²) in [6.07, 6.45) is -6.16. The number of aromatic amines is 1. The molecule has 2 heterocycles. The molecule has 15 nitrogen and oxygen atoms in total. The van der Waals surface area contributed by atoms with Gasteiger partial charge in [0, 0.05) is 43.6 Å². The minimum absolute atomic E-state index is 0.0411. The molecule has 22 heteroatoms. The Morgan fingerprint density at radius 3 is 2.11 bits per heavy atom. The number of anilines is 1. The van der Waals surface area contributed by atoms with Gasteiger partial charge in [-0.2, -0.15) is 31.1 Å². The number of aromatic nitrogens is 3. The number of ketones is 2. The lowest BCUT2D eigenvalue weighted by Crippen LogP contribution is -2.49. The van der Waals surface area contributed by atoms with Crippen molar-refractivity contribution in [1.82, 2.24) is 24.6 Å². The second-order valence-corrected chi connectivity index (χ2v) is 13.8. The standard InChI is InChI=1S/C30H37N7O6S.C4F6O2/c1-18-12-19(2)27(20(3)13-18)44(41,42)36-24(29(40)43-4)16-34-28(39)23-17-37(11-5-8-31)25-14-21(6-7-22(25)26(23)38)15-35-30-32-9-10-33-30;5-3(6,7)1(11)2(12)4(8,9)10/h6-7,9-10,12-14,17,24,36H,5,8,11,15-16,31H2,1-4H3,(H,34,39)(H2,32,33,35);/t24-;/m0./s1. The number of aryl methyl sites for hydroxylation is 4. The van der Waals surface area contributed by atoms with Gasteiger partial charge in [-0.05, 0) is 62.6 Å². The Kier molecular flexibility index (Phi) is 14.7. The first-order valence-electron chi connectivity index (χ1n) is 16.3. The minimum Gasteiger partial charge on any atom is -0.468 e. The second-order valence-electron chi connectivity index (χ2n) is 12.1. The monoisotopic (exact) mass is 817 g/mol. The molecule has 1 atom stereocenters. The van der Waals surface area contributed by atoms with Crippen molar-refractivity contribution in [1.29, 1.82) is 0 Å². The second kappa shape index (κ2) is 18.3. The number of nitrogens with one attached hydrogen (secondary N) is 4. The van der Waals surface area contributed by atoms with Crippen LogP contribution >= 0.6 is 0 Å². The molecule has 2 aromatic carbocycles. The van der Waals surface area contributed by atoms with E-state index in [4.69, 9.17) is 10.5 Å². The number of ether oxygens (including phenoxy) is 1. The molecular weight excluding hydrogens is 780 g/mol. The number of nitrogens with zero attached hydrogens (tertiary/aromatic N) is 2. The molecule has 0 bridgehead atoms. The lowest BCUT2D eigenvalue weighted by Gasteiger charge is -2.20. The molecule has 2 aromatic heterocycles. The van der Waals surface area contributed by atoms with E-state index in [1.807, 2.05) is 13.0 Å². The molecule has 0 saturated carbocycles. The van der Waals surface area contributed by atoms with Crippen molar-refractivity contribution < 1.29 is 58.7 Å². The third kappa shape index (κ3) is 11.5. The number of methoxy groups -OCH3 is 1. The average molecular weight is 818 g/mol. The zero-order chi connectivity index (χ0) is 42.2. The molecule has 4 aromatic rings. The maximum atomic E-state index is 13.5. The number of amides is 1. The van der Waals surface area contributed by atoms with Crippen LogP contribution in [0.1, 0.15) is 39.0 Å². The molecule has 0 aliphatic heterocycles. The van der Waals surface area contributed by atoms with Crippen LogP contribution in [0.5, 0.6) is 0 Å². The van der Waals surface area contributed by atoms with E-state index in [9.17, 15) is 58.7 Å². The van der Waals surface area contributed by atoms with E-state index in [1.54, 1.807) is 55.1 Å². The third-order valence-corrected chi connectivity index (χ3v) is 9.57. The SMILES string of the molecule is COC(=O)[C@H](CNC(=O)c1cn(CCCN)c2cc(CNc3ncc[nH]3)ccc2c1=O)NS(=O)(=O)c1c(C)cc(C)cc1C.O=C(C(=O)C(F)(F)F)C(F)(F)F. The summed E-state index contributed by atoms with van der Waals surface area (Å²) in [6, 6.07) is 7.31. The number of rotatable bonds is 14. The van der Waals surface area contributed by atoms with Crippen molar-refractivity contribution in [2.24, 2.45) is 5.73 Å². The Morgan fingerprint density at radius 1 is 0.982 bits per heavy atom. The number of nitrogens with two attached hydrogens (primary N) is 1. The van der Waals surface area contributed by atoms with Crippen molar-refractivity contribution in [2.45, 2.75) is 63.6 Å². The zero-order valence-corrected chi connectivity index (χ0v) is 31.0. The van der Waals surface area contributed by atoms with E-state index >= 15 is 0 Å². The van der Waals surface area contributed by atoms with E-state index < -0.39 is 63.8 Å². The van der Waals surface area contributed by atoms with Crippen molar-refractivity contribution in [2.75, 3.05) is 25.5 Å². The fourth-order valence-corrected chi connectivity index (χ4v) is 7.04. The van der Waals surface area contributed by atoms with Gasteiger partial charge in [0.15, 0.2) is 5.95 Å². The van der Waals surface area contributed by atoms with Crippen LogP contribution in [0.15, 0.2) is 58.6 Å². The Balaban J connectivity index is 0.000000604. The molecule has 0 unspecified atom stereocenters. The summed E-state index contributed by atoms with van der Waals surface area (Å²) in [7, 11) is -3.06. The Hall–Kier alpha value is -5.61. The highest BCUT2D eigenvalue weighted by molar-refractivity contribution is 7.89. The van der Waals surface area contributed by atoms with Crippen LogP contribution in [0.2, 0.25) is 0 Å². The number of carbonyl (C=O) groups excluding carboxylic acids is 4. The first-order chi connectivity index (χ1) is 26.0. The fraction of sp³-hybridized carbons (Fsp3) is 0.353. The number of hydrogen-bond donors (Lipinski definition) is 5. The molecule has 0 saturated heterocycles. The summed E-state index contributed by atoms with van der Waals surface area (Å²) in [5.74, 6) is -7.87. The molecule has 0 aliphatic carbocycles. The van der Waals surface area contributed by atoms with E-state index in [0.717, 1.165) is 18.2 Å². The number of Topliss-reactive ketones (excluding diaryl/α,β-unsaturated/α-hetero) is 2. The highest BCUT2D eigenvalue weighted by atomic mass is 32.2. The molecule has 56 heavy (non-hydrogen) atoms.